The number of nitrogens with one attached hydrogen (secondary N) is 1. The number of ether oxygens (including phenoxy) is 1. The molecule has 2 aliphatic heterocycles. The van der Waals surface area contributed by atoms with E-state index < -0.39 is 0 Å². The Morgan fingerprint density at radius 3 is 2.59 bits per heavy atom. The molecule has 29 heavy (non-hydrogen) atoms. The third kappa shape index (κ3) is 5.52. The van der Waals surface area contributed by atoms with Crippen LogP contribution in [0.2, 0.25) is 0 Å². The normalized spacial score (nSPS) is 18.6. The van der Waals surface area contributed by atoms with Crippen molar-refractivity contribution < 1.29 is 9.53 Å². The van der Waals surface area contributed by atoms with Gasteiger partial charge in [0, 0.05) is 43.9 Å². The van der Waals surface area contributed by atoms with Crippen molar-refractivity contribution in [2.75, 3.05) is 51.3 Å². The predicted molar refractivity (Wildman–Crippen MR) is 112 cm³/mol. The van der Waals surface area contributed by atoms with Crippen molar-refractivity contribution in [2.45, 2.75) is 25.2 Å². The second-order valence-corrected chi connectivity index (χ2v) is 7.67. The van der Waals surface area contributed by atoms with E-state index in [4.69, 9.17) is 4.74 Å². The van der Waals surface area contributed by atoms with Crippen LogP contribution in [0.3, 0.4) is 0 Å². The second-order valence-electron chi connectivity index (χ2n) is 7.67. The Bertz CT molecular complexity index is 770. The zero-order chi connectivity index (χ0) is 19.9. The van der Waals surface area contributed by atoms with Crippen LogP contribution in [-0.4, -0.2) is 71.6 Å². The third-order valence-corrected chi connectivity index (χ3v) is 5.74. The standard InChI is InChI=1S/C22H29N5O2/c28-22(27-13-15-29-16-14-27)8-12-26-10-6-18(7-11-26)20-5-4-19(17-24-20)25-21-3-1-2-9-23-21/h1-5,9,17-18H,6-8,10-16H2,(H,23,25). The Balaban J connectivity index is 1.21. The molecular weight excluding hydrogens is 366 g/mol. The van der Waals surface area contributed by atoms with Crippen molar-refractivity contribution in [1.82, 2.24) is 19.8 Å². The van der Waals surface area contributed by atoms with Crippen molar-refractivity contribution >= 4 is 17.4 Å². The van der Waals surface area contributed by atoms with E-state index in [-0.39, 0.29) is 5.91 Å². The van der Waals surface area contributed by atoms with Gasteiger partial charge in [-0.1, -0.05) is 6.07 Å². The topological polar surface area (TPSA) is 70.6 Å². The number of likely N-dealkylation sites (tertiary alicyclic amines) is 1. The number of pyridine rings is 2. The van der Waals surface area contributed by atoms with Crippen molar-refractivity contribution in [1.29, 1.82) is 0 Å². The molecule has 0 saturated carbocycles. The molecule has 2 aromatic rings. The maximum Gasteiger partial charge on any atom is 0.224 e. The Kier molecular flexibility index (Phi) is 6.69. The summed E-state index contributed by atoms with van der Waals surface area (Å²) in [5.74, 6) is 1.57. The highest BCUT2D eigenvalue weighted by Gasteiger charge is 2.23. The minimum Gasteiger partial charge on any atom is -0.378 e. The zero-order valence-electron chi connectivity index (χ0n) is 16.8. The van der Waals surface area contributed by atoms with E-state index >= 15 is 0 Å². The number of morpholine rings is 1. The SMILES string of the molecule is O=C(CCN1CCC(c2ccc(Nc3ccccn3)cn2)CC1)N1CCOCC1. The number of hydrogen-bond donors (Lipinski definition) is 1. The van der Waals surface area contributed by atoms with Crippen molar-refractivity contribution in [2.24, 2.45) is 0 Å². The van der Waals surface area contributed by atoms with E-state index in [1.54, 1.807) is 6.20 Å². The first-order valence-corrected chi connectivity index (χ1v) is 10.5. The molecule has 2 aliphatic rings. The Labute approximate surface area is 172 Å². The molecular formula is C22H29N5O2. The van der Waals surface area contributed by atoms with Gasteiger partial charge >= 0.3 is 0 Å². The van der Waals surface area contributed by atoms with Crippen LogP contribution in [0.1, 0.15) is 30.9 Å². The highest BCUT2D eigenvalue weighted by Crippen LogP contribution is 2.27. The van der Waals surface area contributed by atoms with Gasteiger partial charge in [0.15, 0.2) is 0 Å². The van der Waals surface area contributed by atoms with Crippen LogP contribution in [0.15, 0.2) is 42.7 Å². The van der Waals surface area contributed by atoms with Gasteiger partial charge < -0.3 is 19.9 Å². The summed E-state index contributed by atoms with van der Waals surface area (Å²) in [6.07, 6.45) is 6.44. The molecule has 0 atom stereocenters. The van der Waals surface area contributed by atoms with Crippen molar-refractivity contribution in [3.63, 3.8) is 0 Å². The minimum atomic E-state index is 0.257. The quantitative estimate of drug-likeness (QED) is 0.811. The fraction of sp³-hybridized carbons (Fsp3) is 0.500. The summed E-state index contributed by atoms with van der Waals surface area (Å²) in [4.78, 5) is 25.6. The van der Waals surface area contributed by atoms with E-state index in [1.165, 1.54) is 0 Å². The molecule has 0 bridgehead atoms. The summed E-state index contributed by atoms with van der Waals surface area (Å²) in [6, 6.07) is 9.99. The molecule has 7 nitrogen and oxygen atoms in total. The molecule has 1 amide bonds. The fourth-order valence-electron chi connectivity index (χ4n) is 3.98. The number of aromatic nitrogens is 2. The summed E-state index contributed by atoms with van der Waals surface area (Å²) in [5, 5.41) is 3.27. The van der Waals surface area contributed by atoms with Crippen LogP contribution in [0.5, 0.6) is 0 Å². The van der Waals surface area contributed by atoms with Crippen LogP contribution < -0.4 is 5.32 Å². The van der Waals surface area contributed by atoms with Gasteiger partial charge in [-0.2, -0.15) is 0 Å². The number of piperidine rings is 1. The number of rotatable bonds is 6. The van der Waals surface area contributed by atoms with Gasteiger partial charge in [0.2, 0.25) is 5.91 Å². The van der Waals surface area contributed by atoms with E-state index in [2.05, 4.69) is 32.3 Å². The highest BCUT2D eigenvalue weighted by atomic mass is 16.5. The van der Waals surface area contributed by atoms with Gasteiger partial charge in [-0.15, -0.1) is 0 Å². The van der Waals surface area contributed by atoms with Crippen LogP contribution in [0.25, 0.3) is 0 Å². The van der Waals surface area contributed by atoms with Gasteiger partial charge in [-0.25, -0.2) is 4.98 Å². The summed E-state index contributed by atoms with van der Waals surface area (Å²) < 4.78 is 5.32. The number of carbonyl (C=O) groups is 1. The van der Waals surface area contributed by atoms with Crippen molar-refractivity contribution in [3.05, 3.63) is 48.4 Å². The van der Waals surface area contributed by atoms with Crippen LogP contribution in [0.4, 0.5) is 11.5 Å². The lowest BCUT2D eigenvalue weighted by Crippen LogP contribution is -2.42. The lowest BCUT2D eigenvalue weighted by molar-refractivity contribution is -0.135. The Morgan fingerprint density at radius 2 is 1.90 bits per heavy atom. The minimum absolute atomic E-state index is 0.257. The molecule has 0 radical (unpaired) electrons. The monoisotopic (exact) mass is 395 g/mol. The average molecular weight is 396 g/mol. The predicted octanol–water partition coefficient (Wildman–Crippen LogP) is 2.65. The number of hydrogen-bond acceptors (Lipinski definition) is 6. The number of nitrogens with zero attached hydrogens (tertiary/aromatic N) is 4. The molecule has 4 heterocycles. The van der Waals surface area contributed by atoms with Crippen LogP contribution in [-0.2, 0) is 9.53 Å². The molecule has 4 rings (SSSR count). The molecule has 0 unspecified atom stereocenters. The van der Waals surface area contributed by atoms with E-state index in [0.717, 1.165) is 62.8 Å². The summed E-state index contributed by atoms with van der Waals surface area (Å²) in [5.41, 5.74) is 2.10. The molecule has 0 aromatic carbocycles. The van der Waals surface area contributed by atoms with E-state index in [0.29, 0.717) is 25.6 Å². The number of carbonyl (C=O) groups excluding carboxylic acids is 1. The van der Waals surface area contributed by atoms with Gasteiger partial charge in [0.05, 0.1) is 25.1 Å². The third-order valence-electron chi connectivity index (χ3n) is 5.74. The van der Waals surface area contributed by atoms with E-state index in [1.807, 2.05) is 29.3 Å². The first-order chi connectivity index (χ1) is 14.3. The van der Waals surface area contributed by atoms with Gasteiger partial charge in [0.25, 0.3) is 0 Å². The summed E-state index contributed by atoms with van der Waals surface area (Å²) in [7, 11) is 0. The van der Waals surface area contributed by atoms with Gasteiger partial charge in [-0.3, -0.25) is 9.78 Å². The molecule has 2 fully saturated rings. The lowest BCUT2D eigenvalue weighted by atomic mass is 9.93. The summed E-state index contributed by atoms with van der Waals surface area (Å²) in [6.45, 7) is 5.70. The Hall–Kier alpha value is -2.51. The molecule has 154 valence electrons. The lowest BCUT2D eigenvalue weighted by Gasteiger charge is -2.32. The maximum absolute atomic E-state index is 12.3. The fourth-order valence-corrected chi connectivity index (χ4v) is 3.98. The molecule has 2 saturated heterocycles. The smallest absolute Gasteiger partial charge is 0.224 e. The van der Waals surface area contributed by atoms with Gasteiger partial charge in [0.1, 0.15) is 5.82 Å². The molecule has 0 spiro atoms. The second kappa shape index (κ2) is 9.80. The molecule has 0 aliphatic carbocycles. The molecule has 1 N–H and O–H groups in total. The highest BCUT2D eigenvalue weighted by molar-refractivity contribution is 5.76. The Morgan fingerprint density at radius 1 is 1.07 bits per heavy atom. The van der Waals surface area contributed by atoms with Gasteiger partial charge in [-0.05, 0) is 50.2 Å². The molecule has 7 heteroatoms. The largest absolute Gasteiger partial charge is 0.378 e. The number of anilines is 2. The molecule has 2 aromatic heterocycles. The van der Waals surface area contributed by atoms with Crippen LogP contribution >= 0.6 is 0 Å². The van der Waals surface area contributed by atoms with Crippen molar-refractivity contribution in [3.8, 4) is 0 Å². The van der Waals surface area contributed by atoms with Crippen LogP contribution in [0, 0.1) is 0 Å². The maximum atomic E-state index is 12.3. The van der Waals surface area contributed by atoms with E-state index in [9.17, 15) is 4.79 Å². The number of amides is 1. The average Bonchev–Trinajstić information content (AvgIpc) is 2.80. The summed E-state index contributed by atoms with van der Waals surface area (Å²) >= 11 is 0. The first kappa shape index (κ1) is 19.8. The first-order valence-electron chi connectivity index (χ1n) is 10.5. The zero-order valence-corrected chi connectivity index (χ0v) is 16.8.